The van der Waals surface area contributed by atoms with Crippen LogP contribution in [-0.4, -0.2) is 62.0 Å². The topological polar surface area (TPSA) is 59.1 Å². The van der Waals surface area contributed by atoms with Crippen LogP contribution in [0.15, 0.2) is 42.5 Å². The lowest BCUT2D eigenvalue weighted by Gasteiger charge is -2.35. The molecule has 0 spiro atoms. The Bertz CT molecular complexity index is 818. The normalized spacial score (nSPS) is 14.0. The van der Waals surface area contributed by atoms with Crippen LogP contribution in [-0.2, 0) is 6.42 Å². The van der Waals surface area contributed by atoms with Gasteiger partial charge in [-0.25, -0.2) is 0 Å². The number of aryl methyl sites for hydroxylation is 1. The predicted molar refractivity (Wildman–Crippen MR) is 107 cm³/mol. The summed E-state index contributed by atoms with van der Waals surface area (Å²) in [4.78, 5) is 29.1. The van der Waals surface area contributed by atoms with E-state index in [1.54, 1.807) is 42.2 Å². The molecule has 6 heteroatoms. The molecule has 2 aromatic rings. The Morgan fingerprint density at radius 1 is 0.786 bits per heavy atom. The first-order chi connectivity index (χ1) is 13.5. The molecule has 0 N–H and O–H groups in total. The highest BCUT2D eigenvalue weighted by Crippen LogP contribution is 2.24. The highest BCUT2D eigenvalue weighted by atomic mass is 16.5. The summed E-state index contributed by atoms with van der Waals surface area (Å²) in [6.07, 6.45) is 0.949. The van der Waals surface area contributed by atoms with Crippen molar-refractivity contribution in [2.75, 3.05) is 40.4 Å². The Morgan fingerprint density at radius 2 is 1.25 bits per heavy atom. The van der Waals surface area contributed by atoms with E-state index in [0.29, 0.717) is 48.8 Å². The van der Waals surface area contributed by atoms with Crippen molar-refractivity contribution in [3.8, 4) is 11.5 Å². The van der Waals surface area contributed by atoms with Gasteiger partial charge in [0, 0.05) is 43.4 Å². The zero-order valence-electron chi connectivity index (χ0n) is 16.6. The van der Waals surface area contributed by atoms with Crippen LogP contribution in [0.5, 0.6) is 11.5 Å². The van der Waals surface area contributed by atoms with Crippen LogP contribution in [0.1, 0.15) is 33.2 Å². The zero-order chi connectivity index (χ0) is 20.1. The number of rotatable bonds is 5. The van der Waals surface area contributed by atoms with E-state index < -0.39 is 0 Å². The van der Waals surface area contributed by atoms with Gasteiger partial charge in [0.1, 0.15) is 11.5 Å². The standard InChI is InChI=1S/C22H26N2O4/c1-4-16-5-7-17(8-6-16)21(25)23-9-11-24(12-10-23)22(26)18-13-19(27-2)15-20(14-18)28-3/h5-8,13-15H,4,9-12H2,1-3H3. The van der Waals surface area contributed by atoms with E-state index in [2.05, 4.69) is 6.92 Å². The number of hydrogen-bond acceptors (Lipinski definition) is 4. The molecule has 0 saturated carbocycles. The molecule has 0 unspecified atom stereocenters. The largest absolute Gasteiger partial charge is 0.497 e. The van der Waals surface area contributed by atoms with Gasteiger partial charge in [0.05, 0.1) is 14.2 Å². The first kappa shape index (κ1) is 19.7. The Kier molecular flexibility index (Phi) is 6.19. The van der Waals surface area contributed by atoms with Crippen LogP contribution in [0.2, 0.25) is 0 Å². The van der Waals surface area contributed by atoms with E-state index in [4.69, 9.17) is 9.47 Å². The number of amides is 2. The second kappa shape index (κ2) is 8.78. The number of ether oxygens (including phenoxy) is 2. The van der Waals surface area contributed by atoms with E-state index in [9.17, 15) is 9.59 Å². The van der Waals surface area contributed by atoms with E-state index in [1.165, 1.54) is 5.56 Å². The van der Waals surface area contributed by atoms with E-state index in [0.717, 1.165) is 6.42 Å². The number of methoxy groups -OCH3 is 2. The van der Waals surface area contributed by atoms with E-state index >= 15 is 0 Å². The molecule has 1 fully saturated rings. The fraction of sp³-hybridized carbons (Fsp3) is 0.364. The molecule has 0 aliphatic carbocycles. The molecule has 28 heavy (non-hydrogen) atoms. The van der Waals surface area contributed by atoms with Gasteiger partial charge in [-0.15, -0.1) is 0 Å². The minimum atomic E-state index is -0.0865. The van der Waals surface area contributed by atoms with Crippen molar-refractivity contribution in [1.82, 2.24) is 9.80 Å². The van der Waals surface area contributed by atoms with Gasteiger partial charge in [-0.1, -0.05) is 19.1 Å². The number of nitrogens with zero attached hydrogens (tertiary/aromatic N) is 2. The van der Waals surface area contributed by atoms with Crippen LogP contribution in [0, 0.1) is 0 Å². The van der Waals surface area contributed by atoms with Crippen LogP contribution >= 0.6 is 0 Å². The predicted octanol–water partition coefficient (Wildman–Crippen LogP) is 2.86. The van der Waals surface area contributed by atoms with Crippen LogP contribution in [0.4, 0.5) is 0 Å². The monoisotopic (exact) mass is 382 g/mol. The Morgan fingerprint density at radius 3 is 1.68 bits per heavy atom. The third kappa shape index (κ3) is 4.27. The minimum absolute atomic E-state index is 0.0119. The summed E-state index contributed by atoms with van der Waals surface area (Å²) < 4.78 is 10.5. The summed E-state index contributed by atoms with van der Waals surface area (Å²) in [6, 6.07) is 12.9. The van der Waals surface area contributed by atoms with Crippen molar-refractivity contribution in [1.29, 1.82) is 0 Å². The summed E-state index contributed by atoms with van der Waals surface area (Å²) in [6.45, 7) is 4.11. The summed E-state index contributed by atoms with van der Waals surface area (Å²) in [7, 11) is 3.11. The molecule has 6 nitrogen and oxygen atoms in total. The number of hydrogen-bond donors (Lipinski definition) is 0. The molecular formula is C22H26N2O4. The van der Waals surface area contributed by atoms with Gasteiger partial charge < -0.3 is 19.3 Å². The third-order valence-electron chi connectivity index (χ3n) is 5.06. The zero-order valence-corrected chi connectivity index (χ0v) is 16.6. The Balaban J connectivity index is 1.64. The van der Waals surface area contributed by atoms with Gasteiger partial charge in [-0.2, -0.15) is 0 Å². The molecule has 2 aromatic carbocycles. The molecule has 2 amide bonds. The molecule has 0 bridgehead atoms. The first-order valence-corrected chi connectivity index (χ1v) is 9.46. The summed E-state index contributed by atoms with van der Waals surface area (Å²) in [5, 5.41) is 0. The SMILES string of the molecule is CCc1ccc(C(=O)N2CCN(C(=O)c3cc(OC)cc(OC)c3)CC2)cc1. The summed E-state index contributed by atoms with van der Waals surface area (Å²) >= 11 is 0. The van der Waals surface area contributed by atoms with Crippen molar-refractivity contribution in [3.05, 3.63) is 59.2 Å². The van der Waals surface area contributed by atoms with E-state index in [-0.39, 0.29) is 11.8 Å². The van der Waals surface area contributed by atoms with Crippen molar-refractivity contribution in [2.24, 2.45) is 0 Å². The second-order valence-electron chi connectivity index (χ2n) is 6.74. The fourth-order valence-corrected chi connectivity index (χ4v) is 3.29. The molecule has 0 radical (unpaired) electrons. The molecule has 148 valence electrons. The number of benzene rings is 2. The molecular weight excluding hydrogens is 356 g/mol. The summed E-state index contributed by atoms with van der Waals surface area (Å²) in [5.41, 5.74) is 2.42. The van der Waals surface area contributed by atoms with Crippen LogP contribution in [0.3, 0.4) is 0 Å². The van der Waals surface area contributed by atoms with Crippen molar-refractivity contribution in [3.63, 3.8) is 0 Å². The maximum absolute atomic E-state index is 12.9. The minimum Gasteiger partial charge on any atom is -0.497 e. The highest BCUT2D eigenvalue weighted by Gasteiger charge is 2.26. The van der Waals surface area contributed by atoms with Crippen molar-refractivity contribution >= 4 is 11.8 Å². The molecule has 1 aliphatic heterocycles. The number of carbonyl (C=O) groups is 2. The summed E-state index contributed by atoms with van der Waals surface area (Å²) in [5.74, 6) is 1.08. The average molecular weight is 382 g/mol. The smallest absolute Gasteiger partial charge is 0.254 e. The lowest BCUT2D eigenvalue weighted by atomic mass is 10.1. The highest BCUT2D eigenvalue weighted by molar-refractivity contribution is 5.96. The molecule has 1 saturated heterocycles. The van der Waals surface area contributed by atoms with Gasteiger partial charge in [0.15, 0.2) is 0 Å². The molecule has 1 aliphatic rings. The van der Waals surface area contributed by atoms with Crippen molar-refractivity contribution in [2.45, 2.75) is 13.3 Å². The Labute approximate surface area is 165 Å². The number of piperazine rings is 1. The maximum Gasteiger partial charge on any atom is 0.254 e. The average Bonchev–Trinajstić information content (AvgIpc) is 2.77. The van der Waals surface area contributed by atoms with Crippen molar-refractivity contribution < 1.29 is 19.1 Å². The van der Waals surface area contributed by atoms with Gasteiger partial charge >= 0.3 is 0 Å². The molecule has 0 aromatic heterocycles. The maximum atomic E-state index is 12.9. The first-order valence-electron chi connectivity index (χ1n) is 9.46. The van der Waals surface area contributed by atoms with Crippen LogP contribution in [0.25, 0.3) is 0 Å². The fourth-order valence-electron chi connectivity index (χ4n) is 3.29. The van der Waals surface area contributed by atoms with Crippen LogP contribution < -0.4 is 9.47 Å². The third-order valence-corrected chi connectivity index (χ3v) is 5.06. The Hall–Kier alpha value is -3.02. The van der Waals surface area contributed by atoms with E-state index in [1.807, 2.05) is 24.3 Å². The van der Waals surface area contributed by atoms with Gasteiger partial charge in [0.2, 0.25) is 0 Å². The van der Waals surface area contributed by atoms with Gasteiger partial charge in [-0.3, -0.25) is 9.59 Å². The van der Waals surface area contributed by atoms with Gasteiger partial charge in [-0.05, 0) is 36.2 Å². The molecule has 3 rings (SSSR count). The quantitative estimate of drug-likeness (QED) is 0.798. The molecule has 1 heterocycles. The molecule has 0 atom stereocenters. The number of carbonyl (C=O) groups excluding carboxylic acids is 2. The lowest BCUT2D eigenvalue weighted by Crippen LogP contribution is -2.50. The lowest BCUT2D eigenvalue weighted by molar-refractivity contribution is 0.0535. The van der Waals surface area contributed by atoms with Gasteiger partial charge in [0.25, 0.3) is 11.8 Å². The second-order valence-corrected chi connectivity index (χ2v) is 6.74.